The minimum atomic E-state index is -4.83. The highest BCUT2D eigenvalue weighted by Crippen LogP contribution is 2.37. The van der Waals surface area contributed by atoms with Crippen molar-refractivity contribution in [1.82, 2.24) is 24.9 Å². The van der Waals surface area contributed by atoms with Crippen molar-refractivity contribution in [2.45, 2.75) is 11.1 Å². The van der Waals surface area contributed by atoms with Crippen LogP contribution in [-0.2, 0) is 16.2 Å². The molecule has 4 aromatic rings. The topological polar surface area (TPSA) is 116 Å². The molecule has 166 valence electrons. The van der Waals surface area contributed by atoms with Crippen LogP contribution < -0.4 is 4.72 Å². The number of hydrogen-bond donors (Lipinski definition) is 1. The summed E-state index contributed by atoms with van der Waals surface area (Å²) in [5, 5.41) is 10.9. The molecular weight excluding hydrogens is 541 g/mol. The summed E-state index contributed by atoms with van der Waals surface area (Å²) in [6.07, 6.45) is -0.821. The molecule has 9 nitrogen and oxygen atoms in total. The summed E-state index contributed by atoms with van der Waals surface area (Å²) in [5.41, 5.74) is -1.30. The lowest BCUT2D eigenvalue weighted by Crippen LogP contribution is -2.16. The van der Waals surface area contributed by atoms with Gasteiger partial charge in [-0.3, -0.25) is 9.29 Å². The second-order valence-electron chi connectivity index (χ2n) is 6.18. The van der Waals surface area contributed by atoms with Gasteiger partial charge in [-0.1, -0.05) is 16.8 Å². The van der Waals surface area contributed by atoms with Crippen LogP contribution in [0.5, 0.6) is 0 Å². The SMILES string of the molecule is O=S(=O)(Nc1cc(Br)cnc1-c1nncn1-c1ccon1)c1ccc(Cl)c(C(F)(F)F)c1. The number of benzene rings is 1. The van der Waals surface area contributed by atoms with Crippen LogP contribution in [0, 0.1) is 0 Å². The van der Waals surface area contributed by atoms with Crippen LogP contribution in [-0.4, -0.2) is 33.3 Å². The van der Waals surface area contributed by atoms with Crippen LogP contribution in [0.25, 0.3) is 17.3 Å². The molecule has 0 bridgehead atoms. The molecule has 0 saturated heterocycles. The maximum atomic E-state index is 13.2. The first kappa shape index (κ1) is 22.2. The number of aromatic nitrogens is 5. The molecule has 0 saturated carbocycles. The second-order valence-corrected chi connectivity index (χ2v) is 9.18. The Bertz CT molecular complexity index is 1390. The van der Waals surface area contributed by atoms with Crippen LogP contribution in [0.3, 0.4) is 0 Å². The largest absolute Gasteiger partial charge is 0.417 e. The van der Waals surface area contributed by atoms with Crippen molar-refractivity contribution >= 4 is 43.2 Å². The quantitative estimate of drug-likeness (QED) is 0.388. The molecular formula is C17H9BrClF3N6O3S. The molecule has 0 atom stereocenters. The average Bonchev–Trinajstić information content (AvgIpc) is 3.38. The van der Waals surface area contributed by atoms with Gasteiger partial charge in [-0.15, -0.1) is 10.2 Å². The number of pyridine rings is 1. The molecule has 0 aliphatic heterocycles. The Balaban J connectivity index is 1.79. The zero-order valence-corrected chi connectivity index (χ0v) is 18.5. The number of sulfonamides is 1. The van der Waals surface area contributed by atoms with Crippen molar-refractivity contribution in [2.24, 2.45) is 0 Å². The molecule has 15 heteroatoms. The molecule has 0 unspecified atom stereocenters. The summed E-state index contributed by atoms with van der Waals surface area (Å²) in [6.45, 7) is 0. The van der Waals surface area contributed by atoms with Gasteiger partial charge in [-0.05, 0) is 40.2 Å². The van der Waals surface area contributed by atoms with Gasteiger partial charge in [0.1, 0.15) is 18.3 Å². The number of rotatable bonds is 5. The number of nitrogens with one attached hydrogen (secondary N) is 1. The van der Waals surface area contributed by atoms with E-state index in [0.29, 0.717) is 16.4 Å². The van der Waals surface area contributed by atoms with E-state index >= 15 is 0 Å². The van der Waals surface area contributed by atoms with Gasteiger partial charge in [0.15, 0.2) is 11.6 Å². The first-order valence-electron chi connectivity index (χ1n) is 8.42. The van der Waals surface area contributed by atoms with E-state index < -0.39 is 31.7 Å². The smallest absolute Gasteiger partial charge is 0.363 e. The van der Waals surface area contributed by atoms with E-state index in [9.17, 15) is 21.6 Å². The maximum absolute atomic E-state index is 13.2. The maximum Gasteiger partial charge on any atom is 0.417 e. The first-order valence-corrected chi connectivity index (χ1v) is 11.1. The summed E-state index contributed by atoms with van der Waals surface area (Å²) in [5.74, 6) is 0.409. The fraction of sp³-hybridized carbons (Fsp3) is 0.0588. The van der Waals surface area contributed by atoms with Crippen LogP contribution in [0.2, 0.25) is 5.02 Å². The molecule has 3 heterocycles. The first-order chi connectivity index (χ1) is 15.1. The van der Waals surface area contributed by atoms with E-state index in [0.717, 1.165) is 12.1 Å². The lowest BCUT2D eigenvalue weighted by molar-refractivity contribution is -0.137. The zero-order chi connectivity index (χ0) is 23.1. The number of halogens is 5. The molecule has 0 aliphatic carbocycles. The standard InChI is InChI=1S/C17H9BrClF3N6O3S/c18-9-5-13(15(23-7-9)16-25-24-8-28(16)14-3-4-31-26-14)27-32(29,30)10-1-2-12(19)11(6-10)17(20,21)22/h1-8,27H. The Kier molecular flexibility index (Phi) is 5.68. The zero-order valence-electron chi connectivity index (χ0n) is 15.4. The summed E-state index contributed by atoms with van der Waals surface area (Å²) in [6, 6.07) is 5.17. The van der Waals surface area contributed by atoms with Crippen LogP contribution in [0.4, 0.5) is 18.9 Å². The molecule has 0 spiro atoms. The third kappa shape index (κ3) is 4.33. The van der Waals surface area contributed by atoms with Crippen LogP contribution in [0.1, 0.15) is 5.56 Å². The van der Waals surface area contributed by atoms with Crippen LogP contribution in [0.15, 0.2) is 63.0 Å². The molecule has 0 radical (unpaired) electrons. The van der Waals surface area contributed by atoms with Gasteiger partial charge in [0, 0.05) is 16.7 Å². The molecule has 4 rings (SSSR count). The Hall–Kier alpha value is -2.97. The van der Waals surface area contributed by atoms with Crippen molar-refractivity contribution in [3.63, 3.8) is 0 Å². The van der Waals surface area contributed by atoms with Crippen LogP contribution >= 0.6 is 27.5 Å². The fourth-order valence-electron chi connectivity index (χ4n) is 2.68. The second kappa shape index (κ2) is 8.18. The third-order valence-corrected chi connectivity index (χ3v) is 6.21. The monoisotopic (exact) mass is 548 g/mol. The third-order valence-electron chi connectivity index (χ3n) is 4.08. The average molecular weight is 550 g/mol. The molecule has 0 amide bonds. The van der Waals surface area contributed by atoms with Gasteiger partial charge < -0.3 is 4.52 Å². The van der Waals surface area contributed by atoms with Gasteiger partial charge >= 0.3 is 6.18 Å². The summed E-state index contributed by atoms with van der Waals surface area (Å²) in [4.78, 5) is 3.54. The van der Waals surface area contributed by atoms with Crippen molar-refractivity contribution in [1.29, 1.82) is 0 Å². The predicted molar refractivity (Wildman–Crippen MR) is 110 cm³/mol. The van der Waals surface area contributed by atoms with E-state index in [4.69, 9.17) is 16.1 Å². The molecule has 32 heavy (non-hydrogen) atoms. The minimum Gasteiger partial charge on any atom is -0.363 e. The lowest BCUT2D eigenvalue weighted by atomic mass is 10.2. The summed E-state index contributed by atoms with van der Waals surface area (Å²) < 4.78 is 74.2. The number of nitrogens with zero attached hydrogens (tertiary/aromatic N) is 5. The molecule has 1 N–H and O–H groups in total. The van der Waals surface area contributed by atoms with Crippen molar-refractivity contribution in [3.8, 4) is 17.3 Å². The van der Waals surface area contributed by atoms with Gasteiger partial charge in [0.2, 0.25) is 0 Å². The number of alkyl halides is 3. The number of anilines is 1. The van der Waals surface area contributed by atoms with Gasteiger partial charge in [0.25, 0.3) is 10.0 Å². The molecule has 3 aromatic heterocycles. The normalized spacial score (nSPS) is 12.2. The highest BCUT2D eigenvalue weighted by Gasteiger charge is 2.34. The Morgan fingerprint density at radius 2 is 1.97 bits per heavy atom. The minimum absolute atomic E-state index is 0.0438. The van der Waals surface area contributed by atoms with Gasteiger partial charge in [0.05, 0.1) is 21.2 Å². The van der Waals surface area contributed by atoms with E-state index in [-0.39, 0.29) is 17.2 Å². The Morgan fingerprint density at radius 1 is 1.19 bits per heavy atom. The van der Waals surface area contributed by atoms with E-state index in [2.05, 4.69) is 41.0 Å². The highest BCUT2D eigenvalue weighted by atomic mass is 79.9. The van der Waals surface area contributed by atoms with E-state index in [1.54, 1.807) is 0 Å². The highest BCUT2D eigenvalue weighted by molar-refractivity contribution is 9.10. The van der Waals surface area contributed by atoms with Crippen molar-refractivity contribution in [2.75, 3.05) is 4.72 Å². The molecule has 1 aromatic carbocycles. The van der Waals surface area contributed by atoms with Crippen molar-refractivity contribution in [3.05, 3.63) is 64.2 Å². The van der Waals surface area contributed by atoms with E-state index in [1.807, 2.05) is 0 Å². The summed E-state index contributed by atoms with van der Waals surface area (Å²) >= 11 is 8.78. The van der Waals surface area contributed by atoms with E-state index in [1.165, 1.54) is 35.5 Å². The molecule has 0 aliphatic rings. The Labute approximate surface area is 191 Å². The summed E-state index contributed by atoms with van der Waals surface area (Å²) in [7, 11) is -4.47. The van der Waals surface area contributed by atoms with Crippen molar-refractivity contribution < 1.29 is 26.1 Å². The molecule has 0 fully saturated rings. The number of hydrogen-bond acceptors (Lipinski definition) is 7. The Morgan fingerprint density at radius 3 is 2.66 bits per heavy atom. The fourth-order valence-corrected chi connectivity index (χ4v) is 4.32. The van der Waals surface area contributed by atoms with Gasteiger partial charge in [-0.25, -0.2) is 13.4 Å². The lowest BCUT2D eigenvalue weighted by Gasteiger charge is -2.14. The predicted octanol–water partition coefficient (Wildman–Crippen LogP) is 4.55. The van der Waals surface area contributed by atoms with Gasteiger partial charge in [-0.2, -0.15) is 13.2 Å².